The molecule has 6 nitrogen and oxygen atoms in total. The summed E-state index contributed by atoms with van der Waals surface area (Å²) in [5.74, 6) is -5.18. The van der Waals surface area contributed by atoms with Crippen molar-refractivity contribution >= 4 is 17.8 Å². The summed E-state index contributed by atoms with van der Waals surface area (Å²) in [5.41, 5.74) is 0. The molecule has 2 N–H and O–H groups in total. The molecule has 0 spiro atoms. The van der Waals surface area contributed by atoms with E-state index in [1.165, 1.54) is 18.7 Å². The van der Waals surface area contributed by atoms with E-state index in [2.05, 4.69) is 0 Å². The number of carboxylic acid groups (broad SMARTS) is 1. The summed E-state index contributed by atoms with van der Waals surface area (Å²) in [5, 5.41) is 10.7. The number of hydrogen-bond donors (Lipinski definition) is 2. The van der Waals surface area contributed by atoms with Crippen molar-refractivity contribution < 1.29 is 32.7 Å². The van der Waals surface area contributed by atoms with Crippen LogP contribution in [0.2, 0.25) is 0 Å². The summed E-state index contributed by atoms with van der Waals surface area (Å²) in [6.45, 7) is 3.24. The van der Waals surface area contributed by atoms with E-state index in [0.29, 0.717) is 12.8 Å². The summed E-state index contributed by atoms with van der Waals surface area (Å²) >= 11 is 0. The standard InChI is InChI=1S/C13H19F3N2O4/c1-7(2)9(17-12(22)13(14,15)16)10(19)18-5-3-4-8(6-18)11(20)21/h7-9H,3-6H2,1-2H3,(H,17,22)(H,20,21)/t8?,9-/m0/s1. The fraction of sp³-hybridized carbons (Fsp3) is 0.769. The van der Waals surface area contributed by atoms with Gasteiger partial charge in [0, 0.05) is 13.1 Å². The van der Waals surface area contributed by atoms with Crippen LogP contribution in [0.5, 0.6) is 0 Å². The van der Waals surface area contributed by atoms with Gasteiger partial charge in [0.15, 0.2) is 0 Å². The fourth-order valence-corrected chi connectivity index (χ4v) is 2.31. The number of carbonyl (C=O) groups excluding carboxylic acids is 2. The van der Waals surface area contributed by atoms with Gasteiger partial charge in [0.05, 0.1) is 5.92 Å². The minimum absolute atomic E-state index is 0.0563. The molecule has 1 aliphatic heterocycles. The Hall–Kier alpha value is -1.80. The molecule has 1 rings (SSSR count). The highest BCUT2D eigenvalue weighted by atomic mass is 19.4. The van der Waals surface area contributed by atoms with E-state index in [0.717, 1.165) is 0 Å². The van der Waals surface area contributed by atoms with Crippen LogP contribution in [0.4, 0.5) is 13.2 Å². The first-order chi connectivity index (χ1) is 10.0. The predicted octanol–water partition coefficient (Wildman–Crippen LogP) is 1.01. The molecule has 2 amide bonds. The van der Waals surface area contributed by atoms with Gasteiger partial charge in [-0.1, -0.05) is 13.8 Å². The lowest BCUT2D eigenvalue weighted by atomic mass is 9.96. The molecular weight excluding hydrogens is 305 g/mol. The zero-order valence-electron chi connectivity index (χ0n) is 12.3. The van der Waals surface area contributed by atoms with Gasteiger partial charge >= 0.3 is 18.1 Å². The van der Waals surface area contributed by atoms with Gasteiger partial charge in [0.25, 0.3) is 0 Å². The van der Waals surface area contributed by atoms with Crippen LogP contribution in [0.1, 0.15) is 26.7 Å². The number of halogens is 3. The molecule has 2 atom stereocenters. The summed E-state index contributed by atoms with van der Waals surface area (Å²) in [7, 11) is 0. The van der Waals surface area contributed by atoms with Crippen molar-refractivity contribution in [2.45, 2.75) is 38.9 Å². The maximum atomic E-state index is 12.3. The normalized spacial score (nSPS) is 20.6. The number of amides is 2. The Labute approximate surface area is 125 Å². The third kappa shape index (κ3) is 4.60. The number of carbonyl (C=O) groups is 3. The Morgan fingerprint density at radius 3 is 2.32 bits per heavy atom. The molecule has 0 aromatic heterocycles. The predicted molar refractivity (Wildman–Crippen MR) is 69.8 cm³/mol. The minimum atomic E-state index is -5.07. The molecule has 1 unspecified atom stereocenters. The van der Waals surface area contributed by atoms with Gasteiger partial charge in [-0.05, 0) is 18.8 Å². The lowest BCUT2D eigenvalue weighted by Crippen LogP contribution is -2.56. The number of hydrogen-bond acceptors (Lipinski definition) is 3. The van der Waals surface area contributed by atoms with Crippen LogP contribution >= 0.6 is 0 Å². The number of nitrogens with zero attached hydrogens (tertiary/aromatic N) is 1. The second-order valence-corrected chi connectivity index (χ2v) is 5.65. The van der Waals surface area contributed by atoms with Crippen LogP contribution in [0.15, 0.2) is 0 Å². The first kappa shape index (κ1) is 18.2. The quantitative estimate of drug-likeness (QED) is 0.808. The van der Waals surface area contributed by atoms with Gasteiger partial charge in [-0.2, -0.15) is 13.2 Å². The number of carboxylic acids is 1. The van der Waals surface area contributed by atoms with E-state index in [4.69, 9.17) is 5.11 Å². The van der Waals surface area contributed by atoms with Crippen LogP contribution in [0.3, 0.4) is 0 Å². The van der Waals surface area contributed by atoms with Gasteiger partial charge in [0.2, 0.25) is 5.91 Å². The van der Waals surface area contributed by atoms with Gasteiger partial charge in [-0.25, -0.2) is 0 Å². The number of aliphatic carboxylic acids is 1. The van der Waals surface area contributed by atoms with Crippen LogP contribution in [0, 0.1) is 11.8 Å². The molecule has 1 fully saturated rings. The van der Waals surface area contributed by atoms with Crippen molar-refractivity contribution in [1.82, 2.24) is 10.2 Å². The van der Waals surface area contributed by atoms with E-state index in [1.807, 2.05) is 0 Å². The van der Waals surface area contributed by atoms with E-state index in [-0.39, 0.29) is 13.1 Å². The molecule has 126 valence electrons. The molecular formula is C13H19F3N2O4. The van der Waals surface area contributed by atoms with E-state index >= 15 is 0 Å². The van der Waals surface area contributed by atoms with Gasteiger partial charge < -0.3 is 15.3 Å². The zero-order valence-corrected chi connectivity index (χ0v) is 12.3. The summed E-state index contributed by atoms with van der Waals surface area (Å²) in [6.07, 6.45) is -4.19. The lowest BCUT2D eigenvalue weighted by molar-refractivity contribution is -0.175. The van der Waals surface area contributed by atoms with E-state index in [1.54, 1.807) is 5.32 Å². The number of rotatable bonds is 4. The van der Waals surface area contributed by atoms with E-state index in [9.17, 15) is 27.6 Å². The summed E-state index contributed by atoms with van der Waals surface area (Å²) in [4.78, 5) is 35.6. The third-order valence-corrected chi connectivity index (χ3v) is 3.56. The molecule has 0 radical (unpaired) electrons. The van der Waals surface area contributed by atoms with Gasteiger partial charge in [-0.15, -0.1) is 0 Å². The van der Waals surface area contributed by atoms with Crippen LogP contribution in [-0.4, -0.2) is 53.1 Å². The maximum Gasteiger partial charge on any atom is 0.471 e. The van der Waals surface area contributed by atoms with Crippen molar-refractivity contribution in [1.29, 1.82) is 0 Å². The Morgan fingerprint density at radius 1 is 1.27 bits per heavy atom. The number of likely N-dealkylation sites (tertiary alicyclic amines) is 1. The average Bonchev–Trinajstić information content (AvgIpc) is 2.42. The molecule has 9 heteroatoms. The van der Waals surface area contributed by atoms with Crippen LogP contribution in [0.25, 0.3) is 0 Å². The highest BCUT2D eigenvalue weighted by Crippen LogP contribution is 2.20. The molecule has 1 saturated heterocycles. The Bertz CT molecular complexity index is 451. The largest absolute Gasteiger partial charge is 0.481 e. The Kier molecular flexibility index (Phi) is 5.78. The van der Waals surface area contributed by atoms with Crippen LogP contribution in [-0.2, 0) is 14.4 Å². The van der Waals surface area contributed by atoms with Crippen molar-refractivity contribution in [3.8, 4) is 0 Å². The molecule has 0 aromatic carbocycles. The molecule has 0 bridgehead atoms. The number of alkyl halides is 3. The van der Waals surface area contributed by atoms with Gasteiger partial charge in [-0.3, -0.25) is 14.4 Å². The third-order valence-electron chi connectivity index (χ3n) is 3.56. The number of nitrogens with one attached hydrogen (secondary N) is 1. The zero-order chi connectivity index (χ0) is 17.1. The highest BCUT2D eigenvalue weighted by Gasteiger charge is 2.42. The molecule has 22 heavy (non-hydrogen) atoms. The minimum Gasteiger partial charge on any atom is -0.481 e. The lowest BCUT2D eigenvalue weighted by Gasteiger charge is -2.34. The monoisotopic (exact) mass is 324 g/mol. The first-order valence-corrected chi connectivity index (χ1v) is 6.93. The summed E-state index contributed by atoms with van der Waals surface area (Å²) < 4.78 is 37.0. The highest BCUT2D eigenvalue weighted by molar-refractivity contribution is 5.90. The van der Waals surface area contributed by atoms with Crippen LogP contribution < -0.4 is 5.32 Å². The SMILES string of the molecule is CC(C)[C@H](NC(=O)C(F)(F)F)C(=O)N1CCCC(C(=O)O)C1. The second kappa shape index (κ2) is 6.97. The Morgan fingerprint density at radius 2 is 1.86 bits per heavy atom. The van der Waals surface area contributed by atoms with E-state index < -0.39 is 41.8 Å². The number of piperidine rings is 1. The van der Waals surface area contributed by atoms with Crippen molar-refractivity contribution in [3.05, 3.63) is 0 Å². The van der Waals surface area contributed by atoms with Crippen molar-refractivity contribution in [3.63, 3.8) is 0 Å². The maximum absolute atomic E-state index is 12.3. The summed E-state index contributed by atoms with van der Waals surface area (Å²) in [6, 6.07) is -1.33. The topological polar surface area (TPSA) is 86.7 Å². The first-order valence-electron chi connectivity index (χ1n) is 6.93. The molecule has 1 heterocycles. The molecule has 0 saturated carbocycles. The second-order valence-electron chi connectivity index (χ2n) is 5.65. The average molecular weight is 324 g/mol. The fourth-order valence-electron chi connectivity index (χ4n) is 2.31. The van der Waals surface area contributed by atoms with Crippen molar-refractivity contribution in [2.75, 3.05) is 13.1 Å². The molecule has 1 aliphatic rings. The molecule has 0 aliphatic carbocycles. The van der Waals surface area contributed by atoms with Gasteiger partial charge in [0.1, 0.15) is 6.04 Å². The molecule has 0 aromatic rings. The Balaban J connectivity index is 2.81. The smallest absolute Gasteiger partial charge is 0.471 e. The van der Waals surface area contributed by atoms with Crippen molar-refractivity contribution in [2.24, 2.45) is 11.8 Å².